The second kappa shape index (κ2) is 4.12. The van der Waals surface area contributed by atoms with Gasteiger partial charge >= 0.3 is 0 Å². The molecule has 1 aromatic rings. The van der Waals surface area contributed by atoms with E-state index in [1.165, 1.54) is 4.88 Å². The zero-order valence-corrected chi connectivity index (χ0v) is 6.97. The first-order valence-electron chi connectivity index (χ1n) is 3.49. The zero-order chi connectivity index (χ0) is 8.10. The van der Waals surface area contributed by atoms with Crippen molar-refractivity contribution in [1.29, 1.82) is 5.26 Å². The van der Waals surface area contributed by atoms with Crippen molar-refractivity contribution >= 4 is 11.3 Å². The molecule has 0 saturated carbocycles. The van der Waals surface area contributed by atoms with Crippen LogP contribution in [-0.2, 0) is 6.42 Å². The van der Waals surface area contributed by atoms with E-state index in [-0.39, 0.29) is 5.92 Å². The molecular weight excluding hydrogens is 156 g/mol. The Morgan fingerprint density at radius 3 is 3.00 bits per heavy atom. The molecule has 0 aliphatic carbocycles. The minimum atomic E-state index is -0.0198. The SMILES string of the molecule is N#CC(CN)Cc1cccs1. The summed E-state index contributed by atoms with van der Waals surface area (Å²) in [7, 11) is 0. The lowest BCUT2D eigenvalue weighted by molar-refractivity contribution is 0.680. The van der Waals surface area contributed by atoms with Crippen LogP contribution in [0.15, 0.2) is 17.5 Å². The molecule has 1 heterocycles. The van der Waals surface area contributed by atoms with E-state index in [2.05, 4.69) is 6.07 Å². The van der Waals surface area contributed by atoms with E-state index in [1.54, 1.807) is 11.3 Å². The molecule has 1 rings (SSSR count). The number of nitrogens with zero attached hydrogens (tertiary/aromatic N) is 1. The van der Waals surface area contributed by atoms with E-state index >= 15 is 0 Å². The molecule has 1 unspecified atom stereocenters. The molecule has 2 N–H and O–H groups in total. The quantitative estimate of drug-likeness (QED) is 0.737. The van der Waals surface area contributed by atoms with Gasteiger partial charge in [0.25, 0.3) is 0 Å². The van der Waals surface area contributed by atoms with Gasteiger partial charge in [-0.3, -0.25) is 0 Å². The Balaban J connectivity index is 2.49. The van der Waals surface area contributed by atoms with Crippen LogP contribution in [0.5, 0.6) is 0 Å². The summed E-state index contributed by atoms with van der Waals surface area (Å²) in [5.41, 5.74) is 5.38. The molecule has 1 atom stereocenters. The van der Waals surface area contributed by atoms with Gasteiger partial charge in [-0.05, 0) is 17.9 Å². The molecule has 0 radical (unpaired) electrons. The summed E-state index contributed by atoms with van der Waals surface area (Å²) in [4.78, 5) is 1.24. The van der Waals surface area contributed by atoms with E-state index in [0.29, 0.717) is 6.54 Å². The molecule has 0 bridgehead atoms. The van der Waals surface area contributed by atoms with Crippen molar-refractivity contribution < 1.29 is 0 Å². The molecule has 58 valence electrons. The second-order valence-corrected chi connectivity index (χ2v) is 3.38. The van der Waals surface area contributed by atoms with Crippen molar-refractivity contribution in [2.75, 3.05) is 6.54 Å². The number of rotatable bonds is 3. The molecule has 2 nitrogen and oxygen atoms in total. The predicted molar refractivity (Wildman–Crippen MR) is 46.2 cm³/mol. The van der Waals surface area contributed by atoms with Crippen molar-refractivity contribution in [1.82, 2.24) is 0 Å². The Labute approximate surface area is 70.3 Å². The highest BCUT2D eigenvalue weighted by Crippen LogP contribution is 2.13. The third-order valence-corrected chi connectivity index (χ3v) is 2.39. The monoisotopic (exact) mass is 166 g/mol. The lowest BCUT2D eigenvalue weighted by atomic mass is 10.1. The summed E-state index contributed by atoms with van der Waals surface area (Å²) >= 11 is 1.68. The van der Waals surface area contributed by atoms with Crippen molar-refractivity contribution in [3.63, 3.8) is 0 Å². The predicted octanol–water partition coefficient (Wildman–Crippen LogP) is 1.39. The van der Waals surface area contributed by atoms with Gasteiger partial charge < -0.3 is 5.73 Å². The van der Waals surface area contributed by atoms with Gasteiger partial charge in [-0.1, -0.05) is 6.07 Å². The number of hydrogen-bond donors (Lipinski definition) is 1. The molecule has 11 heavy (non-hydrogen) atoms. The average Bonchev–Trinajstić information content (AvgIpc) is 2.52. The molecule has 1 aromatic heterocycles. The highest BCUT2D eigenvalue weighted by molar-refractivity contribution is 7.09. The van der Waals surface area contributed by atoms with Crippen LogP contribution in [0.4, 0.5) is 0 Å². The van der Waals surface area contributed by atoms with Crippen molar-refractivity contribution in [2.24, 2.45) is 11.7 Å². The van der Waals surface area contributed by atoms with Crippen LogP contribution in [0.3, 0.4) is 0 Å². The van der Waals surface area contributed by atoms with Gasteiger partial charge in [-0.2, -0.15) is 5.26 Å². The first kappa shape index (κ1) is 8.25. The summed E-state index contributed by atoms with van der Waals surface area (Å²) < 4.78 is 0. The fourth-order valence-electron chi connectivity index (χ4n) is 0.853. The third kappa shape index (κ3) is 2.34. The summed E-state index contributed by atoms with van der Waals surface area (Å²) in [6.45, 7) is 0.453. The fraction of sp³-hybridized carbons (Fsp3) is 0.375. The van der Waals surface area contributed by atoms with Crippen LogP contribution in [-0.4, -0.2) is 6.54 Å². The molecule has 0 aliphatic rings. The fourth-order valence-corrected chi connectivity index (χ4v) is 1.64. The minimum absolute atomic E-state index is 0.0198. The van der Waals surface area contributed by atoms with Crippen LogP contribution in [0, 0.1) is 17.2 Å². The topological polar surface area (TPSA) is 49.8 Å². The van der Waals surface area contributed by atoms with Gasteiger partial charge in [0.2, 0.25) is 0 Å². The van der Waals surface area contributed by atoms with Gasteiger partial charge in [-0.15, -0.1) is 11.3 Å². The van der Waals surface area contributed by atoms with Gasteiger partial charge in [0, 0.05) is 11.4 Å². The molecule has 0 spiro atoms. The van der Waals surface area contributed by atoms with Crippen molar-refractivity contribution in [2.45, 2.75) is 6.42 Å². The molecule has 0 amide bonds. The van der Waals surface area contributed by atoms with Gasteiger partial charge in [0.1, 0.15) is 0 Å². The Morgan fingerprint density at radius 2 is 2.55 bits per heavy atom. The maximum absolute atomic E-state index is 8.60. The van der Waals surface area contributed by atoms with Crippen molar-refractivity contribution in [3.8, 4) is 6.07 Å². The Hall–Kier alpha value is -0.850. The Bertz CT molecular complexity index is 235. The molecule has 3 heteroatoms. The number of nitrogens with two attached hydrogens (primary N) is 1. The van der Waals surface area contributed by atoms with Crippen LogP contribution < -0.4 is 5.73 Å². The second-order valence-electron chi connectivity index (χ2n) is 2.35. The first-order valence-corrected chi connectivity index (χ1v) is 4.37. The maximum Gasteiger partial charge on any atom is 0.0672 e. The Morgan fingerprint density at radius 1 is 1.73 bits per heavy atom. The van der Waals surface area contributed by atoms with E-state index < -0.39 is 0 Å². The van der Waals surface area contributed by atoms with Gasteiger partial charge in [0.05, 0.1) is 12.0 Å². The largest absolute Gasteiger partial charge is 0.329 e. The molecule has 0 aliphatic heterocycles. The lowest BCUT2D eigenvalue weighted by Crippen LogP contribution is -2.14. The average molecular weight is 166 g/mol. The van der Waals surface area contributed by atoms with Crippen LogP contribution in [0.1, 0.15) is 4.88 Å². The van der Waals surface area contributed by atoms with Gasteiger partial charge in [-0.25, -0.2) is 0 Å². The molecule has 0 fully saturated rings. The summed E-state index contributed by atoms with van der Waals surface area (Å²) in [5.74, 6) is -0.0198. The first-order chi connectivity index (χ1) is 5.36. The normalized spacial score (nSPS) is 12.4. The number of nitriles is 1. The van der Waals surface area contributed by atoms with Crippen LogP contribution in [0.25, 0.3) is 0 Å². The van der Waals surface area contributed by atoms with Crippen LogP contribution >= 0.6 is 11.3 Å². The highest BCUT2D eigenvalue weighted by Gasteiger charge is 2.05. The van der Waals surface area contributed by atoms with E-state index in [0.717, 1.165) is 6.42 Å². The molecule has 0 saturated heterocycles. The van der Waals surface area contributed by atoms with E-state index in [1.807, 2.05) is 17.5 Å². The summed E-state index contributed by atoms with van der Waals surface area (Å²) in [5, 5.41) is 10.6. The zero-order valence-electron chi connectivity index (χ0n) is 6.16. The Kier molecular flexibility index (Phi) is 3.09. The summed E-state index contributed by atoms with van der Waals surface area (Å²) in [6.07, 6.45) is 0.796. The highest BCUT2D eigenvalue weighted by atomic mass is 32.1. The molecule has 0 aromatic carbocycles. The lowest BCUT2D eigenvalue weighted by Gasteiger charge is -2.01. The van der Waals surface area contributed by atoms with E-state index in [9.17, 15) is 0 Å². The standard InChI is InChI=1S/C8H10N2S/c9-5-7(6-10)4-8-2-1-3-11-8/h1-3,7H,4-5,9H2. The number of hydrogen-bond acceptors (Lipinski definition) is 3. The van der Waals surface area contributed by atoms with E-state index in [4.69, 9.17) is 11.0 Å². The molecular formula is C8H10N2S. The third-order valence-electron chi connectivity index (χ3n) is 1.49. The maximum atomic E-state index is 8.60. The van der Waals surface area contributed by atoms with Crippen molar-refractivity contribution in [3.05, 3.63) is 22.4 Å². The van der Waals surface area contributed by atoms with Crippen LogP contribution in [0.2, 0.25) is 0 Å². The minimum Gasteiger partial charge on any atom is -0.329 e. The number of thiophene rings is 1. The van der Waals surface area contributed by atoms with Gasteiger partial charge in [0.15, 0.2) is 0 Å². The summed E-state index contributed by atoms with van der Waals surface area (Å²) in [6, 6.07) is 6.20. The smallest absolute Gasteiger partial charge is 0.0672 e.